The van der Waals surface area contributed by atoms with Gasteiger partial charge in [-0.05, 0) is 44.5 Å². The highest BCUT2D eigenvalue weighted by Crippen LogP contribution is 2.17. The molecule has 1 aromatic heterocycles. The van der Waals surface area contributed by atoms with E-state index in [0.717, 1.165) is 31.7 Å². The maximum atomic E-state index is 10.9. The Kier molecular flexibility index (Phi) is 4.09. The SMILES string of the molecule is CN(c1ccc(C(N)=O)nn1)C1CCCNCC1. The number of nitrogens with one attached hydrogen (secondary N) is 1. The van der Waals surface area contributed by atoms with Gasteiger partial charge in [-0.1, -0.05) is 0 Å². The molecule has 0 radical (unpaired) electrons. The van der Waals surface area contributed by atoms with Crippen molar-refractivity contribution < 1.29 is 4.79 Å². The number of primary amides is 1. The van der Waals surface area contributed by atoms with Crippen LogP contribution in [0.15, 0.2) is 12.1 Å². The fraction of sp³-hybridized carbons (Fsp3) is 0.583. The first-order valence-corrected chi connectivity index (χ1v) is 6.25. The molecular weight excluding hydrogens is 230 g/mol. The molecule has 98 valence electrons. The Morgan fingerprint density at radius 2 is 2.22 bits per heavy atom. The van der Waals surface area contributed by atoms with Crippen molar-refractivity contribution in [1.29, 1.82) is 0 Å². The molecule has 0 bridgehead atoms. The maximum absolute atomic E-state index is 10.9. The number of carbonyl (C=O) groups is 1. The number of anilines is 1. The summed E-state index contributed by atoms with van der Waals surface area (Å²) < 4.78 is 0. The van der Waals surface area contributed by atoms with Crippen molar-refractivity contribution in [2.24, 2.45) is 5.73 Å². The zero-order valence-corrected chi connectivity index (χ0v) is 10.6. The zero-order chi connectivity index (χ0) is 13.0. The molecule has 1 saturated heterocycles. The third-order valence-corrected chi connectivity index (χ3v) is 3.36. The van der Waals surface area contributed by atoms with E-state index in [1.54, 1.807) is 12.1 Å². The maximum Gasteiger partial charge on any atom is 0.269 e. The normalized spacial score (nSPS) is 20.2. The molecule has 6 heteroatoms. The van der Waals surface area contributed by atoms with Crippen LogP contribution in [0.2, 0.25) is 0 Å². The Morgan fingerprint density at radius 3 is 2.89 bits per heavy atom. The molecule has 1 atom stereocenters. The van der Waals surface area contributed by atoms with Gasteiger partial charge in [0, 0.05) is 13.1 Å². The van der Waals surface area contributed by atoms with Gasteiger partial charge in [0.25, 0.3) is 5.91 Å². The van der Waals surface area contributed by atoms with Crippen molar-refractivity contribution in [2.75, 3.05) is 25.0 Å². The summed E-state index contributed by atoms with van der Waals surface area (Å²) in [6.45, 7) is 2.11. The highest BCUT2D eigenvalue weighted by molar-refractivity contribution is 5.90. The van der Waals surface area contributed by atoms with E-state index in [2.05, 4.69) is 20.4 Å². The summed E-state index contributed by atoms with van der Waals surface area (Å²) in [5, 5.41) is 11.3. The second kappa shape index (κ2) is 5.77. The van der Waals surface area contributed by atoms with Gasteiger partial charge in [-0.15, -0.1) is 10.2 Å². The van der Waals surface area contributed by atoms with Crippen LogP contribution in [-0.2, 0) is 0 Å². The molecular formula is C12H19N5O. The van der Waals surface area contributed by atoms with Crippen LogP contribution in [0.4, 0.5) is 5.82 Å². The standard InChI is InChI=1S/C12H19N5O/c1-17(9-3-2-7-14-8-6-9)11-5-4-10(12(13)18)15-16-11/h4-5,9,14H,2-3,6-8H2,1H3,(H2,13,18). The number of rotatable bonds is 3. The molecule has 18 heavy (non-hydrogen) atoms. The molecule has 1 aliphatic rings. The highest BCUT2D eigenvalue weighted by atomic mass is 16.1. The van der Waals surface area contributed by atoms with E-state index in [0.29, 0.717) is 6.04 Å². The van der Waals surface area contributed by atoms with Gasteiger partial charge in [-0.2, -0.15) is 0 Å². The molecule has 1 aliphatic heterocycles. The molecule has 3 N–H and O–H groups in total. The van der Waals surface area contributed by atoms with Crippen LogP contribution in [0, 0.1) is 0 Å². The molecule has 2 rings (SSSR count). The Labute approximate surface area is 107 Å². The van der Waals surface area contributed by atoms with Gasteiger partial charge in [-0.3, -0.25) is 4.79 Å². The Morgan fingerprint density at radius 1 is 1.39 bits per heavy atom. The number of nitrogens with zero attached hydrogens (tertiary/aromatic N) is 3. The second-order valence-electron chi connectivity index (χ2n) is 4.59. The summed E-state index contributed by atoms with van der Waals surface area (Å²) in [5.41, 5.74) is 5.34. The summed E-state index contributed by atoms with van der Waals surface area (Å²) in [5.74, 6) is 0.238. The van der Waals surface area contributed by atoms with E-state index < -0.39 is 5.91 Å². The summed E-state index contributed by atoms with van der Waals surface area (Å²) in [6, 6.07) is 3.88. The first kappa shape index (κ1) is 12.8. The van der Waals surface area contributed by atoms with Gasteiger partial charge in [-0.25, -0.2) is 0 Å². The lowest BCUT2D eigenvalue weighted by atomic mass is 10.1. The highest BCUT2D eigenvalue weighted by Gasteiger charge is 2.18. The van der Waals surface area contributed by atoms with Crippen molar-refractivity contribution >= 4 is 11.7 Å². The average molecular weight is 249 g/mol. The second-order valence-corrected chi connectivity index (χ2v) is 4.59. The fourth-order valence-corrected chi connectivity index (χ4v) is 2.22. The largest absolute Gasteiger partial charge is 0.364 e. The summed E-state index contributed by atoms with van der Waals surface area (Å²) in [4.78, 5) is 13.1. The molecule has 0 spiro atoms. The van der Waals surface area contributed by atoms with E-state index in [9.17, 15) is 4.79 Å². The quantitative estimate of drug-likeness (QED) is 0.797. The van der Waals surface area contributed by atoms with Crippen LogP contribution >= 0.6 is 0 Å². The van der Waals surface area contributed by atoms with Crippen molar-refractivity contribution in [3.8, 4) is 0 Å². The van der Waals surface area contributed by atoms with E-state index >= 15 is 0 Å². The number of hydrogen-bond donors (Lipinski definition) is 2. The van der Waals surface area contributed by atoms with E-state index in [1.165, 1.54) is 6.42 Å². The first-order valence-electron chi connectivity index (χ1n) is 6.25. The topological polar surface area (TPSA) is 84.1 Å². The van der Waals surface area contributed by atoms with Crippen LogP contribution < -0.4 is 16.0 Å². The molecule has 0 saturated carbocycles. The van der Waals surface area contributed by atoms with Gasteiger partial charge in [0.05, 0.1) is 0 Å². The number of carbonyl (C=O) groups excluding carboxylic acids is 1. The number of amides is 1. The van der Waals surface area contributed by atoms with Crippen LogP contribution in [0.1, 0.15) is 29.8 Å². The molecule has 6 nitrogen and oxygen atoms in total. The first-order chi connectivity index (χ1) is 8.68. The molecule has 1 unspecified atom stereocenters. The summed E-state index contributed by atoms with van der Waals surface area (Å²) in [6.07, 6.45) is 3.40. The van der Waals surface area contributed by atoms with E-state index in [1.807, 2.05) is 7.05 Å². The lowest BCUT2D eigenvalue weighted by Crippen LogP contribution is -2.33. The molecule has 0 aromatic carbocycles. The molecule has 2 heterocycles. The van der Waals surface area contributed by atoms with Gasteiger partial charge in [0.1, 0.15) is 0 Å². The third kappa shape index (κ3) is 2.95. The summed E-state index contributed by atoms with van der Waals surface area (Å²) in [7, 11) is 2.02. The smallest absolute Gasteiger partial charge is 0.269 e. The number of nitrogens with two attached hydrogens (primary N) is 1. The minimum atomic E-state index is -0.546. The Balaban J connectivity index is 2.07. The minimum absolute atomic E-state index is 0.203. The average Bonchev–Trinajstić information content (AvgIpc) is 2.67. The van der Waals surface area contributed by atoms with Crippen molar-refractivity contribution in [1.82, 2.24) is 15.5 Å². The fourth-order valence-electron chi connectivity index (χ4n) is 2.22. The van der Waals surface area contributed by atoms with Crippen molar-refractivity contribution in [2.45, 2.75) is 25.3 Å². The van der Waals surface area contributed by atoms with Gasteiger partial charge in [0.15, 0.2) is 11.5 Å². The molecule has 1 aromatic rings. The van der Waals surface area contributed by atoms with E-state index in [4.69, 9.17) is 5.73 Å². The third-order valence-electron chi connectivity index (χ3n) is 3.36. The Bertz CT molecular complexity index is 397. The lowest BCUT2D eigenvalue weighted by molar-refractivity contribution is 0.0994. The van der Waals surface area contributed by atoms with Crippen molar-refractivity contribution in [3.63, 3.8) is 0 Å². The van der Waals surface area contributed by atoms with Gasteiger partial charge >= 0.3 is 0 Å². The predicted molar refractivity (Wildman–Crippen MR) is 69.5 cm³/mol. The van der Waals surface area contributed by atoms with Crippen LogP contribution in [0.25, 0.3) is 0 Å². The Hall–Kier alpha value is -1.69. The number of hydrogen-bond acceptors (Lipinski definition) is 5. The molecule has 0 aliphatic carbocycles. The monoisotopic (exact) mass is 249 g/mol. The van der Waals surface area contributed by atoms with Crippen LogP contribution in [0.3, 0.4) is 0 Å². The summed E-state index contributed by atoms with van der Waals surface area (Å²) >= 11 is 0. The zero-order valence-electron chi connectivity index (χ0n) is 10.6. The predicted octanol–water partition coefficient (Wildman–Crippen LogP) is 0.154. The minimum Gasteiger partial charge on any atom is -0.364 e. The lowest BCUT2D eigenvalue weighted by Gasteiger charge is -2.27. The van der Waals surface area contributed by atoms with Crippen LogP contribution in [-0.4, -0.2) is 42.3 Å². The van der Waals surface area contributed by atoms with Crippen molar-refractivity contribution in [3.05, 3.63) is 17.8 Å². The van der Waals surface area contributed by atoms with Gasteiger partial charge < -0.3 is 16.0 Å². The molecule has 1 fully saturated rings. The van der Waals surface area contributed by atoms with Crippen LogP contribution in [0.5, 0.6) is 0 Å². The van der Waals surface area contributed by atoms with E-state index in [-0.39, 0.29) is 5.69 Å². The molecule has 1 amide bonds. The van der Waals surface area contributed by atoms with Gasteiger partial charge in [0.2, 0.25) is 0 Å². The number of aromatic nitrogens is 2.